The number of hydrogen-bond acceptors (Lipinski definition) is 8. The molecular weight excluding hydrogens is 364 g/mol. The summed E-state index contributed by atoms with van der Waals surface area (Å²) in [6.45, 7) is 5.15. The lowest BCUT2D eigenvalue weighted by molar-refractivity contribution is 0.0607. The molecule has 0 saturated heterocycles. The Kier molecular flexibility index (Phi) is 7.82. The number of carbonyl (C=O) groups is 1. The number of hydrogen-bond donors (Lipinski definition) is 2. The molecule has 0 bridgehead atoms. The predicted molar refractivity (Wildman–Crippen MR) is 97.7 cm³/mol. The fraction of sp³-hybridized carbons (Fsp3) is 0.562. The Morgan fingerprint density at radius 1 is 1.35 bits per heavy atom. The van der Waals surface area contributed by atoms with Crippen LogP contribution in [0.2, 0.25) is 0 Å². The van der Waals surface area contributed by atoms with E-state index in [1.165, 1.54) is 24.5 Å². The van der Waals surface area contributed by atoms with Gasteiger partial charge in [-0.2, -0.15) is 0 Å². The first-order valence-corrected chi connectivity index (χ1v) is 9.98. The largest absolute Gasteiger partial charge is 0.733 e. The van der Waals surface area contributed by atoms with E-state index < -0.39 is 21.4 Å². The van der Waals surface area contributed by atoms with Crippen molar-refractivity contribution in [3.8, 4) is 5.75 Å². The lowest BCUT2D eigenvalue weighted by Gasteiger charge is -2.23. The van der Waals surface area contributed by atoms with E-state index in [1.807, 2.05) is 0 Å². The van der Waals surface area contributed by atoms with Crippen molar-refractivity contribution in [2.75, 3.05) is 24.7 Å². The van der Waals surface area contributed by atoms with E-state index in [2.05, 4.69) is 4.36 Å². The zero-order chi connectivity index (χ0) is 20.0. The number of aliphatic hydroxyl groups excluding tert-OH is 1. The molecule has 1 aromatic rings. The average Bonchev–Trinajstić information content (AvgIpc) is 2.43. The van der Waals surface area contributed by atoms with Crippen LogP contribution in [0.5, 0.6) is 5.75 Å². The van der Waals surface area contributed by atoms with Crippen molar-refractivity contribution in [3.05, 3.63) is 29.0 Å². The van der Waals surface area contributed by atoms with Gasteiger partial charge >= 0.3 is 6.09 Å². The van der Waals surface area contributed by atoms with Crippen molar-refractivity contribution in [1.82, 2.24) is 0 Å². The fourth-order valence-corrected chi connectivity index (χ4v) is 3.16. The van der Waals surface area contributed by atoms with Gasteiger partial charge in [-0.15, -0.1) is 4.36 Å². The molecule has 0 aliphatic carbocycles. The van der Waals surface area contributed by atoms with Crippen LogP contribution in [0, 0.1) is 5.21 Å². The standard InChI is InChI=1S/C16H25N2O7S/c1-16(2,3)25-15(20)17-26(4,23)11-12-8-13(18(21)22)10-14(9-12)24-7-5-6-19/h8-10,19,21H,5-7,11H2,1-4H3/q-1. The predicted octanol–water partition coefficient (Wildman–Crippen LogP) is 2.67. The SMILES string of the molecule is CC(C)(C)OC(=O)N=S(C)(=O)Cc1cc(OCCCO)cc(N([O-])O)c1. The number of aliphatic hydroxyl groups is 1. The fourth-order valence-electron chi connectivity index (χ4n) is 1.95. The molecule has 1 aromatic carbocycles. The van der Waals surface area contributed by atoms with Crippen molar-refractivity contribution in [2.24, 2.45) is 4.36 Å². The van der Waals surface area contributed by atoms with Gasteiger partial charge in [0.15, 0.2) is 0 Å². The molecule has 1 unspecified atom stereocenters. The number of rotatable bonds is 7. The number of anilines is 1. The summed E-state index contributed by atoms with van der Waals surface area (Å²) in [4.78, 5) is 11.8. The maximum absolute atomic E-state index is 12.6. The van der Waals surface area contributed by atoms with Gasteiger partial charge in [0.25, 0.3) is 0 Å². The molecule has 0 aromatic heterocycles. The topological polar surface area (TPSA) is 132 Å². The minimum Gasteiger partial charge on any atom is -0.733 e. The molecule has 0 heterocycles. The smallest absolute Gasteiger partial charge is 0.442 e. The van der Waals surface area contributed by atoms with Crippen molar-refractivity contribution in [3.63, 3.8) is 0 Å². The summed E-state index contributed by atoms with van der Waals surface area (Å²) in [6.07, 6.45) is 0.746. The van der Waals surface area contributed by atoms with Crippen LogP contribution in [0.15, 0.2) is 22.6 Å². The Hall–Kier alpha value is -1.88. The Bertz CT molecular complexity index is 735. The Morgan fingerprint density at radius 3 is 2.54 bits per heavy atom. The van der Waals surface area contributed by atoms with E-state index in [1.54, 1.807) is 20.8 Å². The van der Waals surface area contributed by atoms with Gasteiger partial charge in [-0.1, -0.05) is 0 Å². The van der Waals surface area contributed by atoms with E-state index in [4.69, 9.17) is 19.8 Å². The third kappa shape index (κ3) is 8.48. The van der Waals surface area contributed by atoms with Crippen LogP contribution in [0.25, 0.3) is 0 Å². The molecule has 26 heavy (non-hydrogen) atoms. The highest BCUT2D eigenvalue weighted by Gasteiger charge is 2.18. The van der Waals surface area contributed by atoms with E-state index in [0.717, 1.165) is 0 Å². The maximum atomic E-state index is 12.6. The van der Waals surface area contributed by atoms with Crippen molar-refractivity contribution in [1.29, 1.82) is 0 Å². The van der Waals surface area contributed by atoms with Crippen LogP contribution < -0.4 is 9.96 Å². The van der Waals surface area contributed by atoms with Crippen molar-refractivity contribution in [2.45, 2.75) is 38.5 Å². The van der Waals surface area contributed by atoms with Gasteiger partial charge in [0.2, 0.25) is 0 Å². The summed E-state index contributed by atoms with van der Waals surface area (Å²) in [5.41, 5.74) is -0.492. The van der Waals surface area contributed by atoms with Crippen LogP contribution in [-0.2, 0) is 20.2 Å². The summed E-state index contributed by atoms with van der Waals surface area (Å²) in [6, 6.07) is 4.15. The first kappa shape index (κ1) is 22.2. The van der Waals surface area contributed by atoms with Gasteiger partial charge < -0.3 is 25.0 Å². The minimum atomic E-state index is -2.99. The van der Waals surface area contributed by atoms with Crippen LogP contribution >= 0.6 is 0 Å². The van der Waals surface area contributed by atoms with E-state index >= 15 is 0 Å². The maximum Gasteiger partial charge on any atom is 0.442 e. The summed E-state index contributed by atoms with van der Waals surface area (Å²) in [7, 11) is -2.99. The molecule has 1 rings (SSSR count). The minimum absolute atomic E-state index is 0.0578. The molecule has 0 saturated carbocycles. The van der Waals surface area contributed by atoms with Gasteiger partial charge in [0.05, 0.1) is 27.8 Å². The highest BCUT2D eigenvalue weighted by Crippen LogP contribution is 2.25. The molecule has 1 amide bonds. The molecule has 0 spiro atoms. The molecule has 9 nitrogen and oxygen atoms in total. The average molecular weight is 389 g/mol. The molecule has 1 atom stereocenters. The molecule has 0 aliphatic rings. The zero-order valence-electron chi connectivity index (χ0n) is 15.3. The lowest BCUT2D eigenvalue weighted by Crippen LogP contribution is -2.22. The highest BCUT2D eigenvalue weighted by atomic mass is 32.2. The highest BCUT2D eigenvalue weighted by molar-refractivity contribution is 7.92. The number of amides is 1. The Balaban J connectivity index is 3.05. The molecule has 0 radical (unpaired) electrons. The van der Waals surface area contributed by atoms with Crippen LogP contribution in [0.1, 0.15) is 32.8 Å². The molecule has 2 N–H and O–H groups in total. The van der Waals surface area contributed by atoms with E-state index in [-0.39, 0.29) is 35.6 Å². The second-order valence-corrected chi connectivity index (χ2v) is 9.10. The molecule has 10 heteroatoms. The van der Waals surface area contributed by atoms with Crippen molar-refractivity contribution >= 4 is 21.5 Å². The van der Waals surface area contributed by atoms with Gasteiger partial charge in [-0.05, 0) is 38.5 Å². The monoisotopic (exact) mass is 389 g/mol. The first-order chi connectivity index (χ1) is 11.9. The van der Waals surface area contributed by atoms with Crippen molar-refractivity contribution < 1.29 is 28.8 Å². The molecule has 148 valence electrons. The second kappa shape index (κ2) is 9.17. The van der Waals surface area contributed by atoms with Gasteiger partial charge in [-0.3, -0.25) is 5.21 Å². The van der Waals surface area contributed by atoms with Gasteiger partial charge in [0, 0.05) is 25.3 Å². The van der Waals surface area contributed by atoms with Gasteiger partial charge in [-0.25, -0.2) is 9.00 Å². The zero-order valence-corrected chi connectivity index (χ0v) is 16.1. The summed E-state index contributed by atoms with van der Waals surface area (Å²) >= 11 is 0. The molecule has 0 aliphatic heterocycles. The van der Waals surface area contributed by atoms with Gasteiger partial charge in [0.1, 0.15) is 11.4 Å². The Labute approximate surface area is 153 Å². The van der Waals surface area contributed by atoms with Crippen LogP contribution in [0.3, 0.4) is 0 Å². The molecule has 0 fully saturated rings. The number of benzene rings is 1. The quantitative estimate of drug-likeness (QED) is 0.537. The number of carbonyl (C=O) groups excluding carboxylic acids is 1. The number of ether oxygens (including phenoxy) is 2. The third-order valence-electron chi connectivity index (χ3n) is 2.84. The summed E-state index contributed by atoms with van der Waals surface area (Å²) in [5, 5.41) is 28.8. The van der Waals surface area contributed by atoms with Crippen LogP contribution in [0.4, 0.5) is 10.5 Å². The number of nitrogens with zero attached hydrogens (tertiary/aromatic N) is 2. The lowest BCUT2D eigenvalue weighted by atomic mass is 10.2. The van der Waals surface area contributed by atoms with E-state index in [9.17, 15) is 14.2 Å². The second-order valence-electron chi connectivity index (χ2n) is 6.71. The third-order valence-corrected chi connectivity index (χ3v) is 4.24. The molecular formula is C16H25N2O7S-. The van der Waals surface area contributed by atoms with E-state index in [0.29, 0.717) is 12.0 Å². The summed E-state index contributed by atoms with van der Waals surface area (Å²) < 4.78 is 26.6. The first-order valence-electron chi connectivity index (χ1n) is 7.88. The Morgan fingerprint density at radius 2 is 2.00 bits per heavy atom. The summed E-state index contributed by atoms with van der Waals surface area (Å²) in [5.74, 6) is 0.109. The normalized spacial score (nSPS) is 13.7. The van der Waals surface area contributed by atoms with Crippen LogP contribution in [-0.4, -0.2) is 45.7 Å².